The SMILES string of the molecule is O=C1COc2ccc(C3(O)c4ccccc4C(=O)N3c3ccccc3Cl)cc2N1. The molecule has 0 fully saturated rings. The number of anilines is 2. The van der Waals surface area contributed by atoms with Crippen LogP contribution in [0.1, 0.15) is 21.5 Å². The Labute approximate surface area is 171 Å². The molecule has 2 heterocycles. The van der Waals surface area contributed by atoms with Gasteiger partial charge in [0, 0.05) is 16.7 Å². The molecule has 6 nitrogen and oxygen atoms in total. The Balaban J connectivity index is 1.75. The number of rotatable bonds is 2. The number of para-hydroxylation sites is 1. The predicted molar refractivity (Wildman–Crippen MR) is 108 cm³/mol. The summed E-state index contributed by atoms with van der Waals surface area (Å²) in [6, 6.07) is 18.7. The highest BCUT2D eigenvalue weighted by Crippen LogP contribution is 2.47. The van der Waals surface area contributed by atoms with Gasteiger partial charge in [-0.3, -0.25) is 14.5 Å². The van der Waals surface area contributed by atoms with E-state index < -0.39 is 5.72 Å². The van der Waals surface area contributed by atoms with E-state index in [2.05, 4.69) is 5.32 Å². The van der Waals surface area contributed by atoms with Crippen LogP contribution in [0, 0.1) is 0 Å². The fourth-order valence-electron chi connectivity index (χ4n) is 3.86. The first-order chi connectivity index (χ1) is 14.0. The Bertz CT molecular complexity index is 1180. The maximum absolute atomic E-state index is 13.3. The normalized spacial score (nSPS) is 20.0. The smallest absolute Gasteiger partial charge is 0.262 e. The Kier molecular flexibility index (Phi) is 3.87. The molecule has 3 aromatic carbocycles. The zero-order chi connectivity index (χ0) is 20.2. The Morgan fingerprint density at radius 3 is 2.62 bits per heavy atom. The average molecular weight is 407 g/mol. The molecule has 5 rings (SSSR count). The number of hydrogen-bond donors (Lipinski definition) is 2. The van der Waals surface area contributed by atoms with Gasteiger partial charge in [-0.25, -0.2) is 0 Å². The second-order valence-electron chi connectivity index (χ2n) is 6.86. The number of carbonyl (C=O) groups is 2. The molecular weight excluding hydrogens is 392 g/mol. The van der Waals surface area contributed by atoms with Gasteiger partial charge in [-0.1, -0.05) is 41.9 Å². The molecule has 1 unspecified atom stereocenters. The number of benzene rings is 3. The van der Waals surface area contributed by atoms with Gasteiger partial charge in [0.1, 0.15) is 5.75 Å². The second kappa shape index (κ2) is 6.34. The number of nitrogens with one attached hydrogen (secondary N) is 1. The standard InChI is InChI=1S/C22H15ClN2O4/c23-16-7-3-4-8-18(16)25-21(27)14-5-1-2-6-15(14)22(25,28)13-9-10-19-17(11-13)24-20(26)12-29-19/h1-11,28H,12H2,(H,24,26). The van der Waals surface area contributed by atoms with Crippen LogP contribution < -0.4 is 15.0 Å². The molecule has 7 heteroatoms. The number of halogens is 1. The maximum atomic E-state index is 13.3. The van der Waals surface area contributed by atoms with Crippen LogP contribution in [-0.2, 0) is 10.5 Å². The van der Waals surface area contributed by atoms with Gasteiger partial charge >= 0.3 is 0 Å². The van der Waals surface area contributed by atoms with E-state index in [0.717, 1.165) is 0 Å². The molecule has 2 N–H and O–H groups in total. The van der Waals surface area contributed by atoms with Crippen LogP contribution in [0.3, 0.4) is 0 Å². The summed E-state index contributed by atoms with van der Waals surface area (Å²) < 4.78 is 5.41. The van der Waals surface area contributed by atoms with Crippen LogP contribution in [0.4, 0.5) is 11.4 Å². The highest BCUT2D eigenvalue weighted by molar-refractivity contribution is 6.34. The quantitative estimate of drug-likeness (QED) is 0.682. The van der Waals surface area contributed by atoms with Crippen LogP contribution in [0.5, 0.6) is 5.75 Å². The lowest BCUT2D eigenvalue weighted by Gasteiger charge is -2.36. The fourth-order valence-corrected chi connectivity index (χ4v) is 4.08. The number of amides is 2. The lowest BCUT2D eigenvalue weighted by molar-refractivity contribution is -0.118. The van der Waals surface area contributed by atoms with E-state index >= 15 is 0 Å². The van der Waals surface area contributed by atoms with Crippen molar-refractivity contribution in [3.8, 4) is 5.75 Å². The molecule has 2 aliphatic rings. The van der Waals surface area contributed by atoms with Gasteiger partial charge in [0.25, 0.3) is 11.8 Å². The first-order valence-electron chi connectivity index (χ1n) is 8.98. The molecular formula is C22H15ClN2O4. The van der Waals surface area contributed by atoms with E-state index in [1.807, 2.05) is 0 Å². The van der Waals surface area contributed by atoms with E-state index in [0.29, 0.717) is 38.8 Å². The van der Waals surface area contributed by atoms with E-state index in [1.54, 1.807) is 66.7 Å². The number of ether oxygens (including phenoxy) is 1. The summed E-state index contributed by atoms with van der Waals surface area (Å²) in [4.78, 5) is 26.3. The minimum absolute atomic E-state index is 0.0658. The Morgan fingerprint density at radius 1 is 1.03 bits per heavy atom. The maximum Gasteiger partial charge on any atom is 0.262 e. The molecule has 0 spiro atoms. The zero-order valence-electron chi connectivity index (χ0n) is 15.1. The molecule has 1 atom stereocenters. The molecule has 0 radical (unpaired) electrons. The van der Waals surface area contributed by atoms with Crippen molar-refractivity contribution >= 4 is 34.8 Å². The first kappa shape index (κ1) is 17.7. The minimum Gasteiger partial charge on any atom is -0.482 e. The van der Waals surface area contributed by atoms with Gasteiger partial charge in [-0.2, -0.15) is 0 Å². The third-order valence-corrected chi connectivity index (χ3v) is 5.49. The summed E-state index contributed by atoms with van der Waals surface area (Å²) >= 11 is 6.38. The molecule has 2 amide bonds. The fraction of sp³-hybridized carbons (Fsp3) is 0.0909. The number of aliphatic hydroxyl groups is 1. The molecule has 0 saturated carbocycles. The Hall–Kier alpha value is -3.35. The van der Waals surface area contributed by atoms with Crippen molar-refractivity contribution in [1.82, 2.24) is 0 Å². The highest BCUT2D eigenvalue weighted by atomic mass is 35.5. The molecule has 144 valence electrons. The third kappa shape index (κ3) is 2.53. The number of nitrogens with zero attached hydrogens (tertiary/aromatic N) is 1. The molecule has 0 aromatic heterocycles. The van der Waals surface area contributed by atoms with Crippen molar-refractivity contribution in [3.63, 3.8) is 0 Å². The molecule has 29 heavy (non-hydrogen) atoms. The Morgan fingerprint density at radius 2 is 1.79 bits per heavy atom. The average Bonchev–Trinajstić information content (AvgIpc) is 2.96. The minimum atomic E-state index is -1.81. The van der Waals surface area contributed by atoms with Gasteiger partial charge in [0.15, 0.2) is 12.3 Å². The molecule has 0 saturated heterocycles. The van der Waals surface area contributed by atoms with E-state index in [1.165, 1.54) is 4.90 Å². The summed E-state index contributed by atoms with van der Waals surface area (Å²) in [7, 11) is 0. The van der Waals surface area contributed by atoms with Gasteiger partial charge in [0.05, 0.1) is 16.4 Å². The van der Waals surface area contributed by atoms with E-state index in [9.17, 15) is 14.7 Å². The summed E-state index contributed by atoms with van der Waals surface area (Å²) in [5.41, 5.74) is 0.232. The predicted octanol–water partition coefficient (Wildman–Crippen LogP) is 3.52. The van der Waals surface area contributed by atoms with Crippen molar-refractivity contribution in [3.05, 3.63) is 88.4 Å². The number of carbonyl (C=O) groups excluding carboxylic acids is 2. The first-order valence-corrected chi connectivity index (χ1v) is 9.36. The summed E-state index contributed by atoms with van der Waals surface area (Å²) in [5, 5.41) is 15.1. The number of fused-ring (bicyclic) bond motifs is 2. The molecule has 2 aliphatic heterocycles. The van der Waals surface area contributed by atoms with Crippen LogP contribution in [0.15, 0.2) is 66.7 Å². The van der Waals surface area contributed by atoms with Crippen molar-refractivity contribution in [1.29, 1.82) is 0 Å². The highest BCUT2D eigenvalue weighted by Gasteiger charge is 2.51. The van der Waals surface area contributed by atoms with Crippen molar-refractivity contribution in [2.24, 2.45) is 0 Å². The monoisotopic (exact) mass is 406 g/mol. The van der Waals surface area contributed by atoms with E-state index in [4.69, 9.17) is 16.3 Å². The third-order valence-electron chi connectivity index (χ3n) is 5.17. The lowest BCUT2D eigenvalue weighted by Crippen LogP contribution is -2.45. The zero-order valence-corrected chi connectivity index (χ0v) is 15.8. The molecule has 3 aromatic rings. The van der Waals surface area contributed by atoms with Gasteiger partial charge in [0.2, 0.25) is 0 Å². The lowest BCUT2D eigenvalue weighted by atomic mass is 9.93. The summed E-state index contributed by atoms with van der Waals surface area (Å²) in [6.45, 7) is -0.0658. The summed E-state index contributed by atoms with van der Waals surface area (Å²) in [5.74, 6) is -0.152. The largest absolute Gasteiger partial charge is 0.482 e. The van der Waals surface area contributed by atoms with Crippen LogP contribution in [0.25, 0.3) is 0 Å². The van der Waals surface area contributed by atoms with Crippen molar-refractivity contribution < 1.29 is 19.4 Å². The number of hydrogen-bond acceptors (Lipinski definition) is 4. The van der Waals surface area contributed by atoms with Gasteiger partial charge in [-0.15, -0.1) is 0 Å². The summed E-state index contributed by atoms with van der Waals surface area (Å²) in [6.07, 6.45) is 0. The van der Waals surface area contributed by atoms with Crippen molar-refractivity contribution in [2.75, 3.05) is 16.8 Å². The van der Waals surface area contributed by atoms with Crippen LogP contribution >= 0.6 is 11.6 Å². The molecule has 0 aliphatic carbocycles. The van der Waals surface area contributed by atoms with E-state index in [-0.39, 0.29) is 18.4 Å². The van der Waals surface area contributed by atoms with Crippen LogP contribution in [-0.4, -0.2) is 23.5 Å². The van der Waals surface area contributed by atoms with Crippen LogP contribution in [0.2, 0.25) is 5.02 Å². The molecule has 0 bridgehead atoms. The van der Waals surface area contributed by atoms with Gasteiger partial charge < -0.3 is 15.2 Å². The topological polar surface area (TPSA) is 78.9 Å². The van der Waals surface area contributed by atoms with Gasteiger partial charge in [-0.05, 0) is 36.4 Å². The second-order valence-corrected chi connectivity index (χ2v) is 7.26. The van der Waals surface area contributed by atoms with Crippen molar-refractivity contribution in [2.45, 2.75) is 5.72 Å².